The standard InChI is InChI=1S/C17H16BrClN2/c1-12-3-2-4-13(9-12)7-8-21-16-6-5-14(18)10-15(16)20-17(21)11-19/h2-6,9-10H,7-8,11H2,1H3. The van der Waals surface area contributed by atoms with Gasteiger partial charge in [-0.2, -0.15) is 0 Å². The first kappa shape index (κ1) is 14.6. The van der Waals surface area contributed by atoms with Crippen LogP contribution in [0.1, 0.15) is 17.0 Å². The highest BCUT2D eigenvalue weighted by molar-refractivity contribution is 9.10. The van der Waals surface area contributed by atoms with Crippen molar-refractivity contribution in [3.8, 4) is 0 Å². The van der Waals surface area contributed by atoms with Gasteiger partial charge in [0, 0.05) is 11.0 Å². The second-order valence-corrected chi connectivity index (χ2v) is 6.37. The molecule has 0 amide bonds. The van der Waals surface area contributed by atoms with Gasteiger partial charge in [0.1, 0.15) is 5.82 Å². The average Bonchev–Trinajstić information content (AvgIpc) is 2.82. The molecule has 108 valence electrons. The lowest BCUT2D eigenvalue weighted by molar-refractivity contribution is 0.688. The number of alkyl halides is 1. The van der Waals surface area contributed by atoms with Gasteiger partial charge in [-0.25, -0.2) is 4.98 Å². The van der Waals surface area contributed by atoms with Crippen molar-refractivity contribution in [1.29, 1.82) is 0 Å². The predicted molar refractivity (Wildman–Crippen MR) is 91.9 cm³/mol. The molecule has 0 radical (unpaired) electrons. The van der Waals surface area contributed by atoms with Crippen molar-refractivity contribution in [3.63, 3.8) is 0 Å². The Morgan fingerprint density at radius 1 is 1.19 bits per heavy atom. The SMILES string of the molecule is Cc1cccc(CCn2c(CCl)nc3cc(Br)ccc32)c1. The molecule has 0 unspecified atom stereocenters. The quantitative estimate of drug-likeness (QED) is 0.590. The maximum Gasteiger partial charge on any atom is 0.124 e. The molecule has 0 atom stereocenters. The van der Waals surface area contributed by atoms with E-state index in [0.29, 0.717) is 5.88 Å². The van der Waals surface area contributed by atoms with Crippen LogP contribution in [0, 0.1) is 6.92 Å². The molecule has 21 heavy (non-hydrogen) atoms. The number of imidazole rings is 1. The Morgan fingerprint density at radius 2 is 2.05 bits per heavy atom. The first-order chi connectivity index (χ1) is 10.2. The normalized spacial score (nSPS) is 11.2. The van der Waals surface area contributed by atoms with Crippen LogP contribution < -0.4 is 0 Å². The Bertz CT molecular complexity index is 780. The van der Waals surface area contributed by atoms with E-state index in [0.717, 1.165) is 34.3 Å². The van der Waals surface area contributed by atoms with Gasteiger partial charge in [0.25, 0.3) is 0 Å². The molecule has 1 heterocycles. The number of rotatable bonds is 4. The van der Waals surface area contributed by atoms with Crippen LogP contribution in [0.3, 0.4) is 0 Å². The van der Waals surface area contributed by atoms with Gasteiger partial charge in [0.2, 0.25) is 0 Å². The zero-order valence-corrected chi connectivity index (χ0v) is 14.2. The molecule has 1 aromatic heterocycles. The van der Waals surface area contributed by atoms with E-state index in [1.54, 1.807) is 0 Å². The van der Waals surface area contributed by atoms with Gasteiger partial charge in [0.05, 0.1) is 16.9 Å². The minimum absolute atomic E-state index is 0.431. The molecule has 0 aliphatic carbocycles. The van der Waals surface area contributed by atoms with E-state index in [1.807, 2.05) is 12.1 Å². The molecular weight excluding hydrogens is 348 g/mol. The number of benzene rings is 2. The molecule has 0 saturated carbocycles. The van der Waals surface area contributed by atoms with Gasteiger partial charge in [0.15, 0.2) is 0 Å². The topological polar surface area (TPSA) is 17.8 Å². The molecule has 0 spiro atoms. The van der Waals surface area contributed by atoms with Crippen molar-refractivity contribution in [1.82, 2.24) is 9.55 Å². The largest absolute Gasteiger partial charge is 0.327 e. The van der Waals surface area contributed by atoms with Crippen LogP contribution in [-0.4, -0.2) is 9.55 Å². The summed E-state index contributed by atoms with van der Waals surface area (Å²) >= 11 is 9.54. The van der Waals surface area contributed by atoms with Gasteiger partial charge in [-0.05, 0) is 37.1 Å². The highest BCUT2D eigenvalue weighted by atomic mass is 79.9. The number of hydrogen-bond acceptors (Lipinski definition) is 1. The highest BCUT2D eigenvalue weighted by Gasteiger charge is 2.10. The van der Waals surface area contributed by atoms with E-state index in [1.165, 1.54) is 11.1 Å². The number of halogens is 2. The zero-order chi connectivity index (χ0) is 14.8. The summed E-state index contributed by atoms with van der Waals surface area (Å²) in [7, 11) is 0. The minimum atomic E-state index is 0.431. The Kier molecular flexibility index (Phi) is 4.32. The van der Waals surface area contributed by atoms with Gasteiger partial charge in [-0.3, -0.25) is 0 Å². The van der Waals surface area contributed by atoms with E-state index in [4.69, 9.17) is 11.6 Å². The average molecular weight is 364 g/mol. The highest BCUT2D eigenvalue weighted by Crippen LogP contribution is 2.22. The maximum atomic E-state index is 6.06. The molecule has 3 aromatic rings. The number of nitrogens with zero attached hydrogens (tertiary/aromatic N) is 2. The van der Waals surface area contributed by atoms with Crippen molar-refractivity contribution < 1.29 is 0 Å². The number of hydrogen-bond donors (Lipinski definition) is 0. The lowest BCUT2D eigenvalue weighted by Gasteiger charge is -2.08. The van der Waals surface area contributed by atoms with Crippen molar-refractivity contribution in [2.75, 3.05) is 0 Å². The lowest BCUT2D eigenvalue weighted by Crippen LogP contribution is -2.05. The summed E-state index contributed by atoms with van der Waals surface area (Å²) in [6, 6.07) is 14.8. The first-order valence-corrected chi connectivity index (χ1v) is 8.26. The predicted octanol–water partition coefficient (Wildman–Crippen LogP) is 5.09. The Labute approximate surface area is 137 Å². The van der Waals surface area contributed by atoms with E-state index in [9.17, 15) is 0 Å². The number of fused-ring (bicyclic) bond motifs is 1. The fraction of sp³-hybridized carbons (Fsp3) is 0.235. The van der Waals surface area contributed by atoms with Gasteiger partial charge in [-0.15, -0.1) is 11.6 Å². The first-order valence-electron chi connectivity index (χ1n) is 6.93. The van der Waals surface area contributed by atoms with E-state index < -0.39 is 0 Å². The summed E-state index contributed by atoms with van der Waals surface area (Å²) in [4.78, 5) is 4.62. The van der Waals surface area contributed by atoms with Gasteiger partial charge >= 0.3 is 0 Å². The van der Waals surface area contributed by atoms with Crippen LogP contribution in [0.2, 0.25) is 0 Å². The van der Waals surface area contributed by atoms with Crippen LogP contribution in [0.4, 0.5) is 0 Å². The molecule has 2 nitrogen and oxygen atoms in total. The van der Waals surface area contributed by atoms with Crippen LogP contribution in [0.5, 0.6) is 0 Å². The van der Waals surface area contributed by atoms with Crippen LogP contribution in [0.25, 0.3) is 11.0 Å². The summed E-state index contributed by atoms with van der Waals surface area (Å²) in [6.07, 6.45) is 0.979. The van der Waals surface area contributed by atoms with E-state index in [2.05, 4.69) is 62.7 Å². The fourth-order valence-corrected chi connectivity index (χ4v) is 3.17. The van der Waals surface area contributed by atoms with Crippen LogP contribution >= 0.6 is 27.5 Å². The van der Waals surface area contributed by atoms with E-state index in [-0.39, 0.29) is 0 Å². The second kappa shape index (κ2) is 6.20. The monoisotopic (exact) mass is 362 g/mol. The Hall–Kier alpha value is -1.32. The van der Waals surface area contributed by atoms with Gasteiger partial charge in [-0.1, -0.05) is 45.8 Å². The summed E-state index contributed by atoms with van der Waals surface area (Å²) in [5.41, 5.74) is 4.77. The van der Waals surface area contributed by atoms with Crippen LogP contribution in [0.15, 0.2) is 46.9 Å². The molecule has 0 fully saturated rings. The van der Waals surface area contributed by atoms with E-state index >= 15 is 0 Å². The van der Waals surface area contributed by atoms with Crippen molar-refractivity contribution >= 4 is 38.6 Å². The Morgan fingerprint density at radius 3 is 2.81 bits per heavy atom. The van der Waals surface area contributed by atoms with Crippen molar-refractivity contribution in [3.05, 3.63) is 63.9 Å². The maximum absolute atomic E-state index is 6.06. The molecule has 0 aliphatic heterocycles. The fourth-order valence-electron chi connectivity index (χ4n) is 2.61. The smallest absolute Gasteiger partial charge is 0.124 e. The number of aromatic nitrogens is 2. The third-order valence-corrected chi connectivity index (χ3v) is 4.35. The molecule has 0 N–H and O–H groups in total. The molecular formula is C17H16BrClN2. The summed E-state index contributed by atoms with van der Waals surface area (Å²) in [6.45, 7) is 3.02. The van der Waals surface area contributed by atoms with Crippen molar-refractivity contribution in [2.45, 2.75) is 25.8 Å². The molecule has 2 aromatic carbocycles. The third kappa shape index (κ3) is 3.14. The Balaban J connectivity index is 1.92. The van der Waals surface area contributed by atoms with Crippen molar-refractivity contribution in [2.24, 2.45) is 0 Å². The molecule has 4 heteroatoms. The third-order valence-electron chi connectivity index (χ3n) is 3.62. The molecule has 3 rings (SSSR count). The summed E-state index contributed by atoms with van der Waals surface area (Å²) in [5.74, 6) is 1.36. The molecule has 0 saturated heterocycles. The lowest BCUT2D eigenvalue weighted by atomic mass is 10.1. The summed E-state index contributed by atoms with van der Waals surface area (Å²) in [5, 5.41) is 0. The molecule has 0 aliphatic rings. The summed E-state index contributed by atoms with van der Waals surface area (Å²) < 4.78 is 3.26. The zero-order valence-electron chi connectivity index (χ0n) is 11.8. The van der Waals surface area contributed by atoms with Gasteiger partial charge < -0.3 is 4.57 Å². The second-order valence-electron chi connectivity index (χ2n) is 5.19. The van der Waals surface area contributed by atoms with Crippen LogP contribution in [-0.2, 0) is 18.8 Å². The minimum Gasteiger partial charge on any atom is -0.327 e. The molecule has 0 bridgehead atoms. The number of aryl methyl sites for hydroxylation is 3.